The lowest BCUT2D eigenvalue weighted by atomic mass is 10.3. The number of carbonyl (C=O) groups is 1. The van der Waals surface area contributed by atoms with Crippen LogP contribution in [0.5, 0.6) is 5.75 Å². The van der Waals surface area contributed by atoms with Crippen LogP contribution >= 0.6 is 11.3 Å². The van der Waals surface area contributed by atoms with Crippen LogP contribution in [0.15, 0.2) is 29.6 Å². The molecule has 2 aromatic rings. The molecule has 0 fully saturated rings. The molecule has 1 amide bonds. The van der Waals surface area contributed by atoms with Crippen LogP contribution in [-0.2, 0) is 4.79 Å². The number of aromatic nitrogens is 1. The van der Waals surface area contributed by atoms with E-state index >= 15 is 0 Å². The number of carbonyl (C=O) groups excluding carboxylic acids is 1. The van der Waals surface area contributed by atoms with Gasteiger partial charge in [0.05, 0.1) is 24.8 Å². The van der Waals surface area contributed by atoms with E-state index in [9.17, 15) is 4.79 Å². The van der Waals surface area contributed by atoms with E-state index in [2.05, 4.69) is 10.3 Å². The Balaban J connectivity index is 1.76. The number of nitrogens with two attached hydrogens (primary N) is 1. The van der Waals surface area contributed by atoms with Crippen LogP contribution in [0.4, 0.5) is 5.69 Å². The standard InChI is InChI=1S/C15H19N3O2S/c1-10-9-21-15(17-10)11(2)18-14(19)7-8-20-13-6-4-3-5-12(13)16/h3-6,9,11H,7-8,16H2,1-2H3,(H,18,19). The quantitative estimate of drug-likeness (QED) is 0.804. The van der Waals surface area contributed by atoms with E-state index in [0.717, 1.165) is 10.7 Å². The van der Waals surface area contributed by atoms with E-state index in [1.54, 1.807) is 23.5 Å². The van der Waals surface area contributed by atoms with Gasteiger partial charge in [0.15, 0.2) is 0 Å². The molecular formula is C15H19N3O2S. The summed E-state index contributed by atoms with van der Waals surface area (Å²) >= 11 is 1.55. The lowest BCUT2D eigenvalue weighted by Gasteiger charge is -2.12. The number of thiazole rings is 1. The second kappa shape index (κ2) is 7.08. The first-order chi connectivity index (χ1) is 10.1. The fourth-order valence-electron chi connectivity index (χ4n) is 1.81. The summed E-state index contributed by atoms with van der Waals surface area (Å²) < 4.78 is 5.50. The maximum Gasteiger partial charge on any atom is 0.223 e. The molecule has 112 valence electrons. The topological polar surface area (TPSA) is 77.2 Å². The maximum atomic E-state index is 11.9. The highest BCUT2D eigenvalue weighted by Crippen LogP contribution is 2.20. The van der Waals surface area contributed by atoms with Crippen molar-refractivity contribution in [3.05, 3.63) is 40.3 Å². The summed E-state index contributed by atoms with van der Waals surface area (Å²) in [6.07, 6.45) is 0.281. The van der Waals surface area contributed by atoms with Gasteiger partial charge in [-0.2, -0.15) is 0 Å². The first-order valence-corrected chi connectivity index (χ1v) is 7.63. The Kier molecular flexibility index (Phi) is 5.16. The van der Waals surface area contributed by atoms with Crippen LogP contribution in [0, 0.1) is 6.92 Å². The van der Waals surface area contributed by atoms with Crippen molar-refractivity contribution in [2.75, 3.05) is 12.3 Å². The van der Waals surface area contributed by atoms with Crippen molar-refractivity contribution in [3.8, 4) is 5.75 Å². The molecule has 0 aliphatic rings. The number of nitrogens with one attached hydrogen (secondary N) is 1. The first kappa shape index (κ1) is 15.3. The number of hydrogen-bond donors (Lipinski definition) is 2. The monoisotopic (exact) mass is 305 g/mol. The summed E-state index contributed by atoms with van der Waals surface area (Å²) in [6, 6.07) is 7.15. The zero-order chi connectivity index (χ0) is 15.2. The molecule has 0 aliphatic carbocycles. The van der Waals surface area contributed by atoms with E-state index in [0.29, 0.717) is 18.0 Å². The summed E-state index contributed by atoms with van der Waals surface area (Å²) in [7, 11) is 0. The molecule has 0 bridgehead atoms. The molecule has 0 aliphatic heterocycles. The molecule has 1 heterocycles. The van der Waals surface area contributed by atoms with E-state index < -0.39 is 0 Å². The molecule has 1 unspecified atom stereocenters. The SMILES string of the molecule is Cc1csc(C(C)NC(=O)CCOc2ccccc2N)n1. The van der Waals surface area contributed by atoms with Gasteiger partial charge in [-0.05, 0) is 26.0 Å². The maximum absolute atomic E-state index is 11.9. The summed E-state index contributed by atoms with van der Waals surface area (Å²) in [5.41, 5.74) is 7.31. The summed E-state index contributed by atoms with van der Waals surface area (Å²) in [5, 5.41) is 5.79. The Bertz CT molecular complexity index is 612. The number of hydrogen-bond acceptors (Lipinski definition) is 5. The fraction of sp³-hybridized carbons (Fsp3) is 0.333. The normalized spacial score (nSPS) is 11.9. The molecular weight excluding hydrogens is 286 g/mol. The molecule has 3 N–H and O–H groups in total. The molecule has 0 saturated carbocycles. The summed E-state index contributed by atoms with van der Waals surface area (Å²) in [6.45, 7) is 4.16. The number of nitrogens with zero attached hydrogens (tertiary/aromatic N) is 1. The van der Waals surface area contributed by atoms with Gasteiger partial charge in [-0.1, -0.05) is 12.1 Å². The van der Waals surface area contributed by atoms with Gasteiger partial charge in [0, 0.05) is 11.1 Å². The molecule has 1 aromatic carbocycles. The Hall–Kier alpha value is -2.08. The number of anilines is 1. The Labute approximate surface area is 128 Å². The van der Waals surface area contributed by atoms with Crippen LogP contribution in [0.3, 0.4) is 0 Å². The van der Waals surface area contributed by atoms with Crippen molar-refractivity contribution in [1.29, 1.82) is 0 Å². The summed E-state index contributed by atoms with van der Waals surface area (Å²) in [4.78, 5) is 16.2. The molecule has 2 rings (SSSR count). The van der Waals surface area contributed by atoms with Crippen LogP contribution in [-0.4, -0.2) is 17.5 Å². The molecule has 0 spiro atoms. The number of ether oxygens (including phenoxy) is 1. The lowest BCUT2D eigenvalue weighted by Crippen LogP contribution is -2.27. The van der Waals surface area contributed by atoms with E-state index in [-0.39, 0.29) is 18.4 Å². The number of aryl methyl sites for hydroxylation is 1. The van der Waals surface area contributed by atoms with Gasteiger partial charge in [0.2, 0.25) is 5.91 Å². The van der Waals surface area contributed by atoms with Gasteiger partial charge in [0.1, 0.15) is 10.8 Å². The third kappa shape index (κ3) is 4.46. The van der Waals surface area contributed by atoms with Gasteiger partial charge in [-0.25, -0.2) is 4.98 Å². The fourth-order valence-corrected chi connectivity index (χ4v) is 2.62. The predicted octanol–water partition coefficient (Wildman–Crippen LogP) is 2.68. The Morgan fingerprint density at radius 1 is 1.48 bits per heavy atom. The van der Waals surface area contributed by atoms with E-state index in [1.807, 2.05) is 31.4 Å². The lowest BCUT2D eigenvalue weighted by molar-refractivity contribution is -0.122. The second-order valence-electron chi connectivity index (χ2n) is 4.75. The van der Waals surface area contributed by atoms with Crippen LogP contribution in [0.25, 0.3) is 0 Å². The Morgan fingerprint density at radius 2 is 2.24 bits per heavy atom. The van der Waals surface area contributed by atoms with Crippen molar-refractivity contribution in [2.24, 2.45) is 0 Å². The minimum Gasteiger partial charge on any atom is -0.491 e. The van der Waals surface area contributed by atoms with Gasteiger partial charge in [-0.15, -0.1) is 11.3 Å². The molecule has 0 saturated heterocycles. The average molecular weight is 305 g/mol. The van der Waals surface area contributed by atoms with Crippen LogP contribution in [0.1, 0.15) is 30.1 Å². The number of benzene rings is 1. The zero-order valence-corrected chi connectivity index (χ0v) is 12.9. The van der Waals surface area contributed by atoms with Crippen molar-refractivity contribution in [1.82, 2.24) is 10.3 Å². The number of para-hydroxylation sites is 2. The number of amides is 1. The van der Waals surface area contributed by atoms with Crippen LogP contribution < -0.4 is 15.8 Å². The van der Waals surface area contributed by atoms with Gasteiger partial charge in [0.25, 0.3) is 0 Å². The van der Waals surface area contributed by atoms with Gasteiger partial charge < -0.3 is 15.8 Å². The van der Waals surface area contributed by atoms with Crippen molar-refractivity contribution in [3.63, 3.8) is 0 Å². The minimum atomic E-state index is -0.0852. The number of rotatable bonds is 6. The van der Waals surface area contributed by atoms with E-state index in [4.69, 9.17) is 10.5 Å². The summed E-state index contributed by atoms with van der Waals surface area (Å²) in [5.74, 6) is 0.541. The molecule has 1 aromatic heterocycles. The number of nitrogen functional groups attached to an aromatic ring is 1. The van der Waals surface area contributed by atoms with Gasteiger partial charge in [-0.3, -0.25) is 4.79 Å². The van der Waals surface area contributed by atoms with Crippen LogP contribution in [0.2, 0.25) is 0 Å². The third-order valence-corrected chi connectivity index (χ3v) is 4.04. The molecule has 1 atom stereocenters. The smallest absolute Gasteiger partial charge is 0.223 e. The predicted molar refractivity (Wildman–Crippen MR) is 84.4 cm³/mol. The van der Waals surface area contributed by atoms with Crippen molar-refractivity contribution >= 4 is 22.9 Å². The largest absolute Gasteiger partial charge is 0.491 e. The molecule has 6 heteroatoms. The minimum absolute atomic E-state index is 0.0649. The van der Waals surface area contributed by atoms with Crippen molar-refractivity contribution in [2.45, 2.75) is 26.3 Å². The third-order valence-electron chi connectivity index (χ3n) is 2.89. The molecule has 5 nitrogen and oxygen atoms in total. The average Bonchev–Trinajstić information content (AvgIpc) is 2.88. The first-order valence-electron chi connectivity index (χ1n) is 6.75. The highest BCUT2D eigenvalue weighted by molar-refractivity contribution is 7.09. The highest BCUT2D eigenvalue weighted by atomic mass is 32.1. The molecule has 21 heavy (non-hydrogen) atoms. The van der Waals surface area contributed by atoms with Crippen molar-refractivity contribution < 1.29 is 9.53 Å². The second-order valence-corrected chi connectivity index (χ2v) is 5.64. The highest BCUT2D eigenvalue weighted by Gasteiger charge is 2.12. The molecule has 0 radical (unpaired) electrons. The van der Waals surface area contributed by atoms with E-state index in [1.165, 1.54) is 0 Å². The Morgan fingerprint density at radius 3 is 2.90 bits per heavy atom. The van der Waals surface area contributed by atoms with Gasteiger partial charge >= 0.3 is 0 Å². The zero-order valence-electron chi connectivity index (χ0n) is 12.1.